The first-order valence-corrected chi connectivity index (χ1v) is 7.72. The Kier molecular flexibility index (Phi) is 7.40. The normalized spacial score (nSPS) is 19.2. The van der Waals surface area contributed by atoms with Crippen LogP contribution in [0, 0.1) is 5.92 Å². The Hall–Kier alpha value is 0.300. The molecular weight excluding hydrogens is 340 g/mol. The smallest absolute Gasteiger partial charge is 0.0761 e. The van der Waals surface area contributed by atoms with Crippen LogP contribution >= 0.6 is 47.2 Å². The predicted octanol–water partition coefficient (Wildman–Crippen LogP) is 5.01. The van der Waals surface area contributed by atoms with Crippen LogP contribution in [0.15, 0.2) is 12.1 Å². The van der Waals surface area contributed by atoms with Crippen LogP contribution in [0.2, 0.25) is 15.1 Å². The molecule has 1 aliphatic rings. The summed E-state index contributed by atoms with van der Waals surface area (Å²) in [4.78, 5) is 0. The van der Waals surface area contributed by atoms with Gasteiger partial charge in [0.2, 0.25) is 0 Å². The quantitative estimate of drug-likeness (QED) is 0.746. The Morgan fingerprint density at radius 1 is 1.10 bits per heavy atom. The summed E-state index contributed by atoms with van der Waals surface area (Å²) in [7, 11) is 0. The molecule has 2 atom stereocenters. The minimum absolute atomic E-state index is 0. The van der Waals surface area contributed by atoms with Gasteiger partial charge in [-0.05, 0) is 36.5 Å². The van der Waals surface area contributed by atoms with Crippen LogP contribution in [0.4, 0.5) is 0 Å². The van der Waals surface area contributed by atoms with Gasteiger partial charge >= 0.3 is 0 Å². The number of halogens is 4. The van der Waals surface area contributed by atoms with E-state index in [1.807, 2.05) is 0 Å². The van der Waals surface area contributed by atoms with Gasteiger partial charge in [0, 0.05) is 5.02 Å². The third kappa shape index (κ3) is 4.16. The first-order chi connectivity index (χ1) is 9.00. The molecule has 0 bridgehead atoms. The second-order valence-electron chi connectivity index (χ2n) is 5.21. The molecule has 0 heterocycles. The summed E-state index contributed by atoms with van der Waals surface area (Å²) in [6.07, 6.45) is 4.97. The number of hydrogen-bond donors (Lipinski definition) is 2. The summed E-state index contributed by atoms with van der Waals surface area (Å²) in [6, 6.07) is 2.72. The summed E-state index contributed by atoms with van der Waals surface area (Å²) in [6.45, 7) is 0. The number of aliphatic hydroxyl groups excluding tert-OH is 1. The Morgan fingerprint density at radius 3 is 2.30 bits per heavy atom. The Balaban J connectivity index is 0.00000200. The van der Waals surface area contributed by atoms with E-state index in [-0.39, 0.29) is 18.3 Å². The van der Waals surface area contributed by atoms with Crippen molar-refractivity contribution in [2.24, 2.45) is 11.7 Å². The zero-order valence-electron chi connectivity index (χ0n) is 11.0. The Bertz CT molecular complexity index is 449. The monoisotopic (exact) mass is 357 g/mol. The van der Waals surface area contributed by atoms with Crippen molar-refractivity contribution in [2.45, 2.75) is 44.2 Å². The SMILES string of the molecule is Cl.N[C@@H](c1cc(Cl)cc(Cl)c1Cl)[C@H](O)C1CCCCC1. The third-order valence-electron chi connectivity index (χ3n) is 3.88. The lowest BCUT2D eigenvalue weighted by molar-refractivity contribution is 0.0618. The van der Waals surface area contributed by atoms with E-state index in [0.29, 0.717) is 20.6 Å². The average Bonchev–Trinajstić information content (AvgIpc) is 2.42. The van der Waals surface area contributed by atoms with Gasteiger partial charge in [0.25, 0.3) is 0 Å². The zero-order chi connectivity index (χ0) is 14.0. The summed E-state index contributed by atoms with van der Waals surface area (Å²) in [5.41, 5.74) is 6.78. The highest BCUT2D eigenvalue weighted by molar-refractivity contribution is 6.43. The highest BCUT2D eigenvalue weighted by atomic mass is 35.5. The molecule has 1 fully saturated rings. The molecule has 2 nitrogen and oxygen atoms in total. The third-order valence-corrected chi connectivity index (χ3v) is 4.92. The Labute approximate surface area is 141 Å². The molecule has 0 aliphatic heterocycles. The molecule has 6 heteroatoms. The molecule has 20 heavy (non-hydrogen) atoms. The van der Waals surface area contributed by atoms with Gasteiger partial charge in [-0.15, -0.1) is 12.4 Å². The van der Waals surface area contributed by atoms with Gasteiger partial charge in [-0.2, -0.15) is 0 Å². The lowest BCUT2D eigenvalue weighted by Crippen LogP contribution is -2.34. The predicted molar refractivity (Wildman–Crippen MR) is 88.2 cm³/mol. The van der Waals surface area contributed by atoms with Gasteiger partial charge < -0.3 is 10.8 Å². The van der Waals surface area contributed by atoms with Crippen molar-refractivity contribution < 1.29 is 5.11 Å². The maximum absolute atomic E-state index is 10.4. The summed E-state index contributed by atoms with van der Waals surface area (Å²) >= 11 is 18.1. The number of aliphatic hydroxyl groups is 1. The fourth-order valence-corrected chi connectivity index (χ4v) is 3.52. The first kappa shape index (κ1) is 18.3. The van der Waals surface area contributed by atoms with Crippen LogP contribution in [-0.4, -0.2) is 11.2 Å². The zero-order valence-corrected chi connectivity index (χ0v) is 14.1. The summed E-state index contributed by atoms with van der Waals surface area (Å²) in [5, 5.41) is 11.7. The molecule has 1 saturated carbocycles. The highest BCUT2D eigenvalue weighted by Gasteiger charge is 2.29. The van der Waals surface area contributed by atoms with Gasteiger partial charge in [0.15, 0.2) is 0 Å². The van der Waals surface area contributed by atoms with Crippen LogP contribution in [-0.2, 0) is 0 Å². The van der Waals surface area contributed by atoms with Crippen molar-refractivity contribution in [1.29, 1.82) is 0 Å². The van der Waals surface area contributed by atoms with Crippen molar-refractivity contribution in [1.82, 2.24) is 0 Å². The maximum atomic E-state index is 10.4. The van der Waals surface area contributed by atoms with E-state index in [0.717, 1.165) is 25.7 Å². The van der Waals surface area contributed by atoms with E-state index < -0.39 is 12.1 Å². The van der Waals surface area contributed by atoms with Crippen molar-refractivity contribution >= 4 is 47.2 Å². The molecule has 2 rings (SSSR count). The summed E-state index contributed by atoms with van der Waals surface area (Å²) < 4.78 is 0. The minimum Gasteiger partial charge on any atom is -0.391 e. The fraction of sp³-hybridized carbons (Fsp3) is 0.571. The largest absolute Gasteiger partial charge is 0.391 e. The molecule has 1 aliphatic carbocycles. The van der Waals surface area contributed by atoms with Crippen LogP contribution in [0.5, 0.6) is 0 Å². The molecule has 1 aromatic rings. The number of nitrogens with two attached hydrogens (primary N) is 1. The van der Waals surface area contributed by atoms with Crippen molar-refractivity contribution in [3.05, 3.63) is 32.8 Å². The molecule has 0 amide bonds. The van der Waals surface area contributed by atoms with E-state index in [2.05, 4.69) is 0 Å². The van der Waals surface area contributed by atoms with Gasteiger partial charge in [0.1, 0.15) is 0 Å². The molecule has 3 N–H and O–H groups in total. The van der Waals surface area contributed by atoms with E-state index in [4.69, 9.17) is 40.5 Å². The Morgan fingerprint density at radius 2 is 1.70 bits per heavy atom. The highest BCUT2D eigenvalue weighted by Crippen LogP contribution is 2.37. The van der Waals surface area contributed by atoms with Crippen molar-refractivity contribution in [3.63, 3.8) is 0 Å². The van der Waals surface area contributed by atoms with Crippen LogP contribution in [0.1, 0.15) is 43.7 Å². The second-order valence-corrected chi connectivity index (χ2v) is 6.43. The minimum atomic E-state index is -0.604. The molecule has 1 aromatic carbocycles. The van der Waals surface area contributed by atoms with Gasteiger partial charge in [0.05, 0.1) is 22.2 Å². The van der Waals surface area contributed by atoms with E-state index >= 15 is 0 Å². The van der Waals surface area contributed by atoms with Crippen molar-refractivity contribution in [2.75, 3.05) is 0 Å². The molecule has 0 saturated heterocycles. The topological polar surface area (TPSA) is 46.2 Å². The van der Waals surface area contributed by atoms with Gasteiger partial charge in [-0.25, -0.2) is 0 Å². The molecule has 0 unspecified atom stereocenters. The average molecular weight is 359 g/mol. The van der Waals surface area contributed by atoms with Crippen LogP contribution in [0.25, 0.3) is 0 Å². The van der Waals surface area contributed by atoms with Crippen LogP contribution < -0.4 is 5.73 Å². The van der Waals surface area contributed by atoms with Crippen molar-refractivity contribution in [3.8, 4) is 0 Å². The lowest BCUT2D eigenvalue weighted by atomic mass is 9.81. The molecular formula is C14H19Cl4NO. The number of benzene rings is 1. The lowest BCUT2D eigenvalue weighted by Gasteiger charge is -2.31. The van der Waals surface area contributed by atoms with Crippen LogP contribution in [0.3, 0.4) is 0 Å². The fourth-order valence-electron chi connectivity index (χ4n) is 2.77. The second kappa shape index (κ2) is 8.07. The number of rotatable bonds is 3. The van der Waals surface area contributed by atoms with E-state index in [1.165, 1.54) is 6.42 Å². The van der Waals surface area contributed by atoms with E-state index in [1.54, 1.807) is 12.1 Å². The van der Waals surface area contributed by atoms with E-state index in [9.17, 15) is 5.11 Å². The molecule has 0 spiro atoms. The molecule has 114 valence electrons. The molecule has 0 aromatic heterocycles. The maximum Gasteiger partial charge on any atom is 0.0761 e. The van der Waals surface area contributed by atoms with Gasteiger partial charge in [-0.1, -0.05) is 54.1 Å². The number of hydrogen-bond acceptors (Lipinski definition) is 2. The first-order valence-electron chi connectivity index (χ1n) is 6.59. The standard InChI is InChI=1S/C14H18Cl3NO.ClH/c15-9-6-10(12(17)11(16)7-9)13(18)14(19)8-4-2-1-3-5-8;/h6-8,13-14,19H,1-5,18H2;1H/t13-,14+;/m0./s1. The molecule has 0 radical (unpaired) electrons. The van der Waals surface area contributed by atoms with Gasteiger partial charge in [-0.3, -0.25) is 0 Å². The summed E-state index contributed by atoms with van der Waals surface area (Å²) in [5.74, 6) is 0.234.